The molecular weight excluding hydrogens is 418 g/mol. The van der Waals surface area contributed by atoms with Gasteiger partial charge in [-0.2, -0.15) is 5.10 Å². The fourth-order valence-electron chi connectivity index (χ4n) is 4.29. The lowest BCUT2D eigenvalue weighted by molar-refractivity contribution is -0.138. The van der Waals surface area contributed by atoms with Crippen molar-refractivity contribution in [1.29, 1.82) is 0 Å². The van der Waals surface area contributed by atoms with Gasteiger partial charge in [0.05, 0.1) is 11.1 Å². The van der Waals surface area contributed by atoms with E-state index < -0.39 is 30.4 Å². The van der Waals surface area contributed by atoms with Crippen LogP contribution in [0.4, 0.5) is 5.82 Å². The van der Waals surface area contributed by atoms with Gasteiger partial charge in [-0.25, -0.2) is 9.97 Å². The number of aryl methyl sites for hydroxylation is 1. The van der Waals surface area contributed by atoms with Gasteiger partial charge in [0.15, 0.2) is 12.3 Å². The SMILES string of the molecule is Cn1ccc(-c2cn([C@@H]3O[C@H](C(=O)NC4CCOCC4)[C@@H](O)[C@H]3O)c3ncnc(N)c23)n1. The number of ether oxygens (including phenoxy) is 2. The summed E-state index contributed by atoms with van der Waals surface area (Å²) in [4.78, 5) is 21.2. The van der Waals surface area contributed by atoms with Crippen LogP contribution in [0.25, 0.3) is 22.3 Å². The van der Waals surface area contributed by atoms with Gasteiger partial charge in [0, 0.05) is 44.3 Å². The Morgan fingerprint density at radius 2 is 2.03 bits per heavy atom. The quantitative estimate of drug-likeness (QED) is 0.409. The molecule has 1 amide bonds. The van der Waals surface area contributed by atoms with Crippen molar-refractivity contribution in [3.63, 3.8) is 0 Å². The summed E-state index contributed by atoms with van der Waals surface area (Å²) in [5.74, 6) is -0.224. The Hall–Kier alpha value is -3.06. The summed E-state index contributed by atoms with van der Waals surface area (Å²) in [6, 6.07) is 1.76. The van der Waals surface area contributed by atoms with Gasteiger partial charge < -0.3 is 35.3 Å². The summed E-state index contributed by atoms with van der Waals surface area (Å²) in [5.41, 5.74) is 7.82. The van der Waals surface area contributed by atoms with E-state index in [1.165, 1.54) is 6.33 Å². The fraction of sp³-hybridized carbons (Fsp3) is 0.500. The molecule has 2 aliphatic heterocycles. The molecule has 5 heterocycles. The van der Waals surface area contributed by atoms with E-state index in [1.807, 2.05) is 6.07 Å². The highest BCUT2D eigenvalue weighted by Gasteiger charge is 2.48. The van der Waals surface area contributed by atoms with E-state index in [4.69, 9.17) is 15.2 Å². The van der Waals surface area contributed by atoms with Gasteiger partial charge in [0.1, 0.15) is 30.0 Å². The minimum atomic E-state index is -1.41. The molecule has 2 aliphatic rings. The number of fused-ring (bicyclic) bond motifs is 1. The first kappa shape index (κ1) is 20.8. The van der Waals surface area contributed by atoms with Crippen LogP contribution in [0.2, 0.25) is 0 Å². The Labute approximate surface area is 183 Å². The average molecular weight is 443 g/mol. The number of aliphatic hydroxyl groups is 2. The van der Waals surface area contributed by atoms with Crippen LogP contribution in [-0.4, -0.2) is 78.0 Å². The lowest BCUT2D eigenvalue weighted by Gasteiger charge is -2.25. The molecule has 0 aliphatic carbocycles. The molecule has 2 fully saturated rings. The van der Waals surface area contributed by atoms with E-state index in [0.29, 0.717) is 48.3 Å². The first-order valence-corrected chi connectivity index (χ1v) is 10.4. The van der Waals surface area contributed by atoms with Gasteiger partial charge in [-0.1, -0.05) is 0 Å². The molecule has 12 heteroatoms. The van der Waals surface area contributed by atoms with E-state index in [2.05, 4.69) is 20.4 Å². The molecule has 0 unspecified atom stereocenters. The maximum Gasteiger partial charge on any atom is 0.252 e. The predicted octanol–water partition coefficient (Wildman–Crippen LogP) is -0.672. The lowest BCUT2D eigenvalue weighted by atomic mass is 10.1. The zero-order valence-electron chi connectivity index (χ0n) is 17.5. The molecule has 5 N–H and O–H groups in total. The molecule has 3 aromatic heterocycles. The molecule has 0 bridgehead atoms. The largest absolute Gasteiger partial charge is 0.387 e. The molecule has 3 aromatic rings. The van der Waals surface area contributed by atoms with E-state index in [1.54, 1.807) is 28.7 Å². The highest BCUT2D eigenvalue weighted by Crippen LogP contribution is 2.38. The number of amides is 1. The summed E-state index contributed by atoms with van der Waals surface area (Å²) >= 11 is 0. The smallest absolute Gasteiger partial charge is 0.252 e. The number of hydrogen-bond donors (Lipinski definition) is 4. The number of nitrogens with two attached hydrogens (primary N) is 1. The Kier molecular flexibility index (Phi) is 5.29. The van der Waals surface area contributed by atoms with E-state index >= 15 is 0 Å². The number of carbonyl (C=O) groups is 1. The standard InChI is InChI=1S/C20H25N7O5/c1-26-5-2-12(25-26)11-8-27(18-13(11)17(21)22-9-23-18)20-15(29)14(28)16(32-20)19(30)24-10-3-6-31-7-4-10/h2,5,8-10,14-16,20,28-29H,3-4,6-7H2,1H3,(H,24,30)(H2,21,22,23)/t14-,15+,16-,20+/m0/s1. The number of nitrogen functional groups attached to an aromatic ring is 1. The minimum Gasteiger partial charge on any atom is -0.387 e. The van der Waals surface area contributed by atoms with Gasteiger partial charge in [-0.05, 0) is 18.9 Å². The monoisotopic (exact) mass is 443 g/mol. The summed E-state index contributed by atoms with van der Waals surface area (Å²) < 4.78 is 14.4. The van der Waals surface area contributed by atoms with E-state index in [9.17, 15) is 15.0 Å². The van der Waals surface area contributed by atoms with E-state index in [0.717, 1.165) is 0 Å². The third-order valence-corrected chi connectivity index (χ3v) is 5.97. The maximum atomic E-state index is 12.8. The van der Waals surface area contributed by atoms with Crippen molar-refractivity contribution in [3.8, 4) is 11.3 Å². The van der Waals surface area contributed by atoms with Crippen LogP contribution in [0, 0.1) is 0 Å². The summed E-state index contributed by atoms with van der Waals surface area (Å²) in [5, 5.41) is 29.2. The maximum absolute atomic E-state index is 12.8. The second-order valence-corrected chi connectivity index (χ2v) is 8.11. The van der Waals surface area contributed by atoms with Crippen molar-refractivity contribution in [2.45, 2.75) is 43.4 Å². The first-order chi connectivity index (χ1) is 15.4. The summed E-state index contributed by atoms with van der Waals surface area (Å²) in [7, 11) is 1.80. The third kappa shape index (κ3) is 3.50. The highest BCUT2D eigenvalue weighted by molar-refractivity contribution is 5.99. The molecule has 0 radical (unpaired) electrons. The lowest BCUT2D eigenvalue weighted by Crippen LogP contribution is -2.48. The number of nitrogens with one attached hydrogen (secondary N) is 1. The highest BCUT2D eigenvalue weighted by atomic mass is 16.6. The number of rotatable bonds is 4. The van der Waals surface area contributed by atoms with Crippen LogP contribution in [0.3, 0.4) is 0 Å². The van der Waals surface area contributed by atoms with Gasteiger partial charge in [0.25, 0.3) is 5.91 Å². The van der Waals surface area contributed by atoms with Gasteiger partial charge in [0.2, 0.25) is 0 Å². The van der Waals surface area contributed by atoms with Crippen molar-refractivity contribution in [3.05, 3.63) is 24.8 Å². The zero-order valence-corrected chi connectivity index (χ0v) is 17.5. The normalized spacial score (nSPS) is 26.6. The third-order valence-electron chi connectivity index (χ3n) is 5.97. The van der Waals surface area contributed by atoms with Crippen molar-refractivity contribution < 1.29 is 24.5 Å². The summed E-state index contributed by atoms with van der Waals surface area (Å²) in [6.07, 6.45) is 1.12. The molecule has 0 spiro atoms. The van der Waals surface area contributed by atoms with Crippen molar-refractivity contribution in [2.24, 2.45) is 7.05 Å². The van der Waals surface area contributed by atoms with Crippen LogP contribution >= 0.6 is 0 Å². The molecular formula is C20H25N7O5. The molecule has 170 valence electrons. The van der Waals surface area contributed by atoms with Crippen molar-refractivity contribution in [2.75, 3.05) is 18.9 Å². The summed E-state index contributed by atoms with van der Waals surface area (Å²) in [6.45, 7) is 1.13. The van der Waals surface area contributed by atoms with Crippen LogP contribution < -0.4 is 11.1 Å². The van der Waals surface area contributed by atoms with Crippen LogP contribution in [0.15, 0.2) is 24.8 Å². The number of carbonyl (C=O) groups excluding carboxylic acids is 1. The zero-order chi connectivity index (χ0) is 22.4. The number of aliphatic hydroxyl groups excluding tert-OH is 2. The first-order valence-electron chi connectivity index (χ1n) is 10.4. The van der Waals surface area contributed by atoms with Crippen LogP contribution in [0.5, 0.6) is 0 Å². The Morgan fingerprint density at radius 1 is 1.25 bits per heavy atom. The molecule has 4 atom stereocenters. The number of nitrogens with zero attached hydrogens (tertiary/aromatic N) is 5. The molecule has 2 saturated heterocycles. The van der Waals surface area contributed by atoms with Crippen molar-refractivity contribution >= 4 is 22.8 Å². The number of aromatic nitrogens is 5. The molecule has 5 rings (SSSR count). The second kappa shape index (κ2) is 8.13. The molecule has 0 aromatic carbocycles. The topological polar surface area (TPSA) is 163 Å². The predicted molar refractivity (Wildman–Crippen MR) is 112 cm³/mol. The Morgan fingerprint density at radius 3 is 2.75 bits per heavy atom. The van der Waals surface area contributed by atoms with Crippen LogP contribution in [-0.2, 0) is 21.3 Å². The molecule has 0 saturated carbocycles. The fourth-order valence-corrected chi connectivity index (χ4v) is 4.29. The van der Waals surface area contributed by atoms with Gasteiger partial charge >= 0.3 is 0 Å². The Balaban J connectivity index is 1.47. The Bertz CT molecular complexity index is 1140. The molecule has 32 heavy (non-hydrogen) atoms. The van der Waals surface area contributed by atoms with Gasteiger partial charge in [-0.3, -0.25) is 9.48 Å². The average Bonchev–Trinajstić information content (AvgIpc) is 3.46. The van der Waals surface area contributed by atoms with E-state index in [-0.39, 0.29) is 11.9 Å². The van der Waals surface area contributed by atoms with Crippen LogP contribution in [0.1, 0.15) is 19.1 Å². The molecule has 12 nitrogen and oxygen atoms in total. The number of hydrogen-bond acceptors (Lipinski definition) is 9. The second-order valence-electron chi connectivity index (χ2n) is 8.11. The van der Waals surface area contributed by atoms with Crippen molar-refractivity contribution in [1.82, 2.24) is 29.6 Å². The number of anilines is 1. The minimum absolute atomic E-state index is 0.0565. The van der Waals surface area contributed by atoms with Gasteiger partial charge in [-0.15, -0.1) is 0 Å².